The summed E-state index contributed by atoms with van der Waals surface area (Å²) in [5.74, 6) is 3.06. The summed E-state index contributed by atoms with van der Waals surface area (Å²) in [6.45, 7) is 4.87. The molecule has 4 heteroatoms. The molecule has 170 valence electrons. The van der Waals surface area contributed by atoms with Crippen molar-refractivity contribution in [3.05, 3.63) is 0 Å². The lowest BCUT2D eigenvalue weighted by atomic mass is 9.42. The lowest BCUT2D eigenvalue weighted by molar-refractivity contribution is -0.159. The zero-order chi connectivity index (χ0) is 21.5. The fourth-order valence-corrected chi connectivity index (χ4v) is 8.74. The molecule has 0 radical (unpaired) electrons. The van der Waals surface area contributed by atoms with Crippen molar-refractivity contribution >= 4 is 11.8 Å². The number of aliphatic hydroxyl groups excluding tert-OH is 1. The summed E-state index contributed by atoms with van der Waals surface area (Å²) in [7, 11) is 0. The average molecular weight is 419 g/mol. The Bertz CT molecular complexity index is 659. The maximum atomic E-state index is 12.2. The summed E-state index contributed by atoms with van der Waals surface area (Å²) in [5.41, 5.74) is 0.364. The van der Waals surface area contributed by atoms with Crippen molar-refractivity contribution in [3.63, 3.8) is 0 Å². The molecule has 0 spiro atoms. The molecule has 4 rings (SSSR count). The fraction of sp³-hybridized carbons (Fsp3) is 0.923. The Labute approximate surface area is 182 Å². The molecule has 0 amide bonds. The van der Waals surface area contributed by atoms with Crippen molar-refractivity contribution in [2.24, 2.45) is 40.4 Å². The summed E-state index contributed by atoms with van der Waals surface area (Å²) in [5, 5.41) is 19.8. The topological polar surface area (TPSA) is 74.6 Å². The molecule has 0 bridgehead atoms. The van der Waals surface area contributed by atoms with Crippen LogP contribution in [0, 0.1) is 40.4 Å². The number of fused-ring (bicyclic) bond motifs is 5. The van der Waals surface area contributed by atoms with Gasteiger partial charge in [0, 0.05) is 19.3 Å². The SMILES string of the molecule is C[C@]12CCC(=O)CC1CC[C@@H]1[C@H]2C(CCCCCCC(=O)O)C[C@]2(C)C(O)CC[C@@H]12. The van der Waals surface area contributed by atoms with E-state index in [2.05, 4.69) is 13.8 Å². The Morgan fingerprint density at radius 3 is 2.57 bits per heavy atom. The minimum absolute atomic E-state index is 0.0722. The van der Waals surface area contributed by atoms with Crippen molar-refractivity contribution < 1.29 is 19.8 Å². The number of hydrogen-bond acceptors (Lipinski definition) is 3. The van der Waals surface area contributed by atoms with E-state index in [1.54, 1.807) is 0 Å². The molecular weight excluding hydrogens is 376 g/mol. The first-order chi connectivity index (χ1) is 14.3. The van der Waals surface area contributed by atoms with Crippen LogP contribution in [0.1, 0.15) is 104 Å². The molecule has 3 unspecified atom stereocenters. The van der Waals surface area contributed by atoms with Crippen LogP contribution in [-0.2, 0) is 9.59 Å². The van der Waals surface area contributed by atoms with Gasteiger partial charge >= 0.3 is 5.97 Å². The molecule has 0 aromatic rings. The van der Waals surface area contributed by atoms with Gasteiger partial charge in [0.1, 0.15) is 5.78 Å². The lowest BCUT2D eigenvalue weighted by Gasteiger charge is -2.62. The molecular formula is C26H42O4. The monoisotopic (exact) mass is 418 g/mol. The quantitative estimate of drug-likeness (QED) is 0.527. The minimum Gasteiger partial charge on any atom is -0.481 e. The number of unbranched alkanes of at least 4 members (excludes halogenated alkanes) is 3. The summed E-state index contributed by atoms with van der Waals surface area (Å²) in [6.07, 6.45) is 13.8. The molecule has 0 aliphatic heterocycles. The highest BCUT2D eigenvalue weighted by Crippen LogP contribution is 2.68. The van der Waals surface area contributed by atoms with Crippen molar-refractivity contribution in [3.8, 4) is 0 Å². The maximum Gasteiger partial charge on any atom is 0.303 e. The number of Topliss-reactive ketones (excluding diaryl/α,β-unsaturated/α-hetero) is 1. The number of carbonyl (C=O) groups excluding carboxylic acids is 1. The van der Waals surface area contributed by atoms with Gasteiger partial charge in [0.25, 0.3) is 0 Å². The lowest BCUT2D eigenvalue weighted by Crippen LogP contribution is -2.57. The molecule has 30 heavy (non-hydrogen) atoms. The molecule has 0 heterocycles. The standard InChI is InChI=1S/C26H42O4/c1-25-14-13-19(27)15-18(25)9-10-20-21-11-12-22(28)26(21,2)16-17(24(20)25)7-5-3-4-6-8-23(29)30/h17-18,20-22,24,28H,3-16H2,1-2H3,(H,29,30)/t17?,18?,20-,21-,22?,24+,25-,26-/m0/s1. The van der Waals surface area contributed by atoms with Crippen LogP contribution in [0.2, 0.25) is 0 Å². The second-order valence-corrected chi connectivity index (χ2v) is 11.7. The zero-order valence-electron chi connectivity index (χ0n) is 19.1. The van der Waals surface area contributed by atoms with Crippen LogP contribution in [0.5, 0.6) is 0 Å². The summed E-state index contributed by atoms with van der Waals surface area (Å²) in [4.78, 5) is 23.0. The first-order valence-corrected chi connectivity index (χ1v) is 12.7. The zero-order valence-corrected chi connectivity index (χ0v) is 19.1. The van der Waals surface area contributed by atoms with E-state index in [4.69, 9.17) is 5.11 Å². The van der Waals surface area contributed by atoms with Crippen LogP contribution >= 0.6 is 0 Å². The maximum absolute atomic E-state index is 12.2. The number of aliphatic hydroxyl groups is 1. The number of carboxylic acids is 1. The van der Waals surface area contributed by atoms with Crippen LogP contribution in [0.15, 0.2) is 0 Å². The van der Waals surface area contributed by atoms with Gasteiger partial charge in [0.2, 0.25) is 0 Å². The Morgan fingerprint density at radius 2 is 1.80 bits per heavy atom. The van der Waals surface area contributed by atoms with E-state index in [9.17, 15) is 14.7 Å². The van der Waals surface area contributed by atoms with Gasteiger partial charge in [0.15, 0.2) is 0 Å². The van der Waals surface area contributed by atoms with Crippen LogP contribution in [0.3, 0.4) is 0 Å². The highest BCUT2D eigenvalue weighted by atomic mass is 16.4. The first-order valence-electron chi connectivity index (χ1n) is 12.7. The molecule has 4 aliphatic carbocycles. The van der Waals surface area contributed by atoms with Crippen molar-refractivity contribution in [1.29, 1.82) is 0 Å². The normalized spacial score (nSPS) is 45.5. The van der Waals surface area contributed by atoms with E-state index in [1.165, 1.54) is 32.1 Å². The molecule has 4 saturated carbocycles. The van der Waals surface area contributed by atoms with Crippen LogP contribution in [-0.4, -0.2) is 28.1 Å². The fourth-order valence-electron chi connectivity index (χ4n) is 8.74. The summed E-state index contributed by atoms with van der Waals surface area (Å²) >= 11 is 0. The van der Waals surface area contributed by atoms with E-state index >= 15 is 0 Å². The van der Waals surface area contributed by atoms with Crippen LogP contribution in [0.25, 0.3) is 0 Å². The molecule has 0 saturated heterocycles. The molecule has 0 aromatic carbocycles. The second-order valence-electron chi connectivity index (χ2n) is 11.7. The predicted molar refractivity (Wildman–Crippen MR) is 117 cm³/mol. The van der Waals surface area contributed by atoms with E-state index in [0.717, 1.165) is 51.4 Å². The van der Waals surface area contributed by atoms with E-state index in [1.807, 2.05) is 0 Å². The van der Waals surface area contributed by atoms with Gasteiger partial charge < -0.3 is 10.2 Å². The molecule has 2 N–H and O–H groups in total. The molecule has 0 aromatic heterocycles. The third-order valence-corrected chi connectivity index (χ3v) is 10.2. The predicted octanol–water partition coefficient (Wildman–Crippen LogP) is 5.61. The Balaban J connectivity index is 1.50. The van der Waals surface area contributed by atoms with E-state index in [-0.39, 0.29) is 17.9 Å². The van der Waals surface area contributed by atoms with Gasteiger partial charge in [-0.2, -0.15) is 0 Å². The smallest absolute Gasteiger partial charge is 0.303 e. The summed E-state index contributed by atoms with van der Waals surface area (Å²) in [6, 6.07) is 0. The minimum atomic E-state index is -0.688. The van der Waals surface area contributed by atoms with Crippen LogP contribution in [0.4, 0.5) is 0 Å². The van der Waals surface area contributed by atoms with E-state index < -0.39 is 5.97 Å². The Kier molecular flexibility index (Phi) is 6.36. The van der Waals surface area contributed by atoms with Gasteiger partial charge in [-0.25, -0.2) is 0 Å². The number of carboxylic acid groups (broad SMARTS) is 1. The Morgan fingerprint density at radius 1 is 1.03 bits per heavy atom. The van der Waals surface area contributed by atoms with Crippen molar-refractivity contribution in [2.75, 3.05) is 0 Å². The third kappa shape index (κ3) is 3.87. The number of rotatable bonds is 7. The molecule has 4 fully saturated rings. The highest BCUT2D eigenvalue weighted by molar-refractivity contribution is 5.79. The van der Waals surface area contributed by atoms with Gasteiger partial charge in [-0.15, -0.1) is 0 Å². The molecule has 4 aliphatic rings. The highest BCUT2D eigenvalue weighted by Gasteiger charge is 2.62. The van der Waals surface area contributed by atoms with Gasteiger partial charge in [-0.1, -0.05) is 39.5 Å². The second kappa shape index (κ2) is 8.56. The van der Waals surface area contributed by atoms with E-state index in [0.29, 0.717) is 40.8 Å². The average Bonchev–Trinajstić information content (AvgIpc) is 2.99. The molecule has 8 atom stereocenters. The van der Waals surface area contributed by atoms with Crippen molar-refractivity contribution in [1.82, 2.24) is 0 Å². The Hall–Kier alpha value is -0.900. The van der Waals surface area contributed by atoms with Crippen molar-refractivity contribution in [2.45, 2.75) is 110 Å². The summed E-state index contributed by atoms with van der Waals surface area (Å²) < 4.78 is 0. The van der Waals surface area contributed by atoms with Crippen LogP contribution < -0.4 is 0 Å². The number of carbonyl (C=O) groups is 2. The molecule has 4 nitrogen and oxygen atoms in total. The third-order valence-electron chi connectivity index (χ3n) is 10.2. The first kappa shape index (κ1) is 22.3. The van der Waals surface area contributed by atoms with Gasteiger partial charge in [0.05, 0.1) is 6.10 Å². The number of ketones is 1. The number of hydrogen-bond donors (Lipinski definition) is 2. The van der Waals surface area contributed by atoms with Gasteiger partial charge in [-0.3, -0.25) is 9.59 Å². The number of aliphatic carboxylic acids is 1. The largest absolute Gasteiger partial charge is 0.481 e. The van der Waals surface area contributed by atoms with Gasteiger partial charge in [-0.05, 0) is 85.4 Å².